The molecule has 0 spiro atoms. The van der Waals surface area contributed by atoms with E-state index in [9.17, 15) is 14.4 Å². The zero-order valence-corrected chi connectivity index (χ0v) is 13.7. The van der Waals surface area contributed by atoms with Crippen molar-refractivity contribution in [3.05, 3.63) is 58.7 Å². The number of carbonyl (C=O) groups excluding carboxylic acids is 3. The molecule has 2 aromatic rings. The minimum Gasteiger partial charge on any atom is -0.465 e. The van der Waals surface area contributed by atoms with Crippen LogP contribution in [0.25, 0.3) is 0 Å². The number of methoxy groups -OCH3 is 1. The van der Waals surface area contributed by atoms with Gasteiger partial charge in [-0.2, -0.15) is 0 Å². The third kappa shape index (κ3) is 4.89. The summed E-state index contributed by atoms with van der Waals surface area (Å²) in [6.07, 6.45) is 1.41. The van der Waals surface area contributed by atoms with Crippen LogP contribution in [0.4, 0.5) is 5.82 Å². The van der Waals surface area contributed by atoms with Gasteiger partial charge in [-0.3, -0.25) is 9.59 Å². The maximum Gasteiger partial charge on any atom is 0.339 e. The van der Waals surface area contributed by atoms with Gasteiger partial charge in [-0.15, -0.1) is 0 Å². The van der Waals surface area contributed by atoms with E-state index in [0.29, 0.717) is 16.4 Å². The average Bonchev–Trinajstić information content (AvgIpc) is 2.60. The molecule has 6 nitrogen and oxygen atoms in total. The molecule has 7 heteroatoms. The van der Waals surface area contributed by atoms with Crippen LogP contribution in [0.1, 0.15) is 33.6 Å². The molecule has 0 bridgehead atoms. The van der Waals surface area contributed by atoms with Crippen molar-refractivity contribution in [2.24, 2.45) is 0 Å². The van der Waals surface area contributed by atoms with Crippen LogP contribution in [0.5, 0.6) is 0 Å². The number of rotatable bonds is 6. The summed E-state index contributed by atoms with van der Waals surface area (Å²) in [6, 6.07) is 9.48. The van der Waals surface area contributed by atoms with Gasteiger partial charge in [-0.25, -0.2) is 9.78 Å². The van der Waals surface area contributed by atoms with Gasteiger partial charge in [0, 0.05) is 29.6 Å². The molecule has 124 valence electrons. The Kier molecular flexibility index (Phi) is 6.03. The van der Waals surface area contributed by atoms with E-state index >= 15 is 0 Å². The number of pyridine rings is 1. The van der Waals surface area contributed by atoms with E-state index in [1.807, 2.05) is 0 Å². The molecular formula is C17H15ClN2O4. The Hall–Kier alpha value is -2.73. The number of hydrogen-bond donors (Lipinski definition) is 1. The first-order valence-electron chi connectivity index (χ1n) is 7.12. The molecular weight excluding hydrogens is 332 g/mol. The first-order chi connectivity index (χ1) is 11.5. The smallest absolute Gasteiger partial charge is 0.339 e. The zero-order valence-electron chi connectivity index (χ0n) is 12.9. The van der Waals surface area contributed by atoms with Crippen molar-refractivity contribution in [2.45, 2.75) is 12.8 Å². The molecule has 0 aliphatic carbocycles. The first kappa shape index (κ1) is 17.6. The van der Waals surface area contributed by atoms with Crippen molar-refractivity contribution in [1.82, 2.24) is 4.98 Å². The molecule has 0 aliphatic rings. The number of esters is 1. The van der Waals surface area contributed by atoms with E-state index in [1.165, 1.54) is 25.4 Å². The van der Waals surface area contributed by atoms with Crippen LogP contribution in [0.3, 0.4) is 0 Å². The molecule has 1 aromatic carbocycles. The molecule has 0 radical (unpaired) electrons. The molecule has 24 heavy (non-hydrogen) atoms. The highest BCUT2D eigenvalue weighted by Crippen LogP contribution is 2.12. The van der Waals surface area contributed by atoms with Crippen molar-refractivity contribution >= 4 is 35.1 Å². The Morgan fingerprint density at radius 1 is 1.04 bits per heavy atom. The second kappa shape index (κ2) is 8.21. The minimum atomic E-state index is -0.506. The van der Waals surface area contributed by atoms with E-state index in [1.54, 1.807) is 24.3 Å². The topological polar surface area (TPSA) is 85.4 Å². The molecule has 0 fully saturated rings. The number of anilines is 1. The van der Waals surface area contributed by atoms with Gasteiger partial charge in [0.1, 0.15) is 5.82 Å². The second-order valence-electron chi connectivity index (χ2n) is 4.90. The second-order valence-corrected chi connectivity index (χ2v) is 5.34. The highest BCUT2D eigenvalue weighted by molar-refractivity contribution is 6.30. The number of Topliss-reactive ketones (excluding diaryl/α,β-unsaturated/α-hetero) is 1. The molecule has 1 amide bonds. The van der Waals surface area contributed by atoms with Gasteiger partial charge in [-0.05, 0) is 36.4 Å². The van der Waals surface area contributed by atoms with Gasteiger partial charge in [-0.1, -0.05) is 11.6 Å². The van der Waals surface area contributed by atoms with Gasteiger partial charge >= 0.3 is 5.97 Å². The fraction of sp³-hybridized carbons (Fsp3) is 0.176. The summed E-state index contributed by atoms with van der Waals surface area (Å²) in [7, 11) is 1.27. The Morgan fingerprint density at radius 3 is 2.29 bits per heavy atom. The normalized spacial score (nSPS) is 10.1. The lowest BCUT2D eigenvalue weighted by Gasteiger charge is -2.05. The first-order valence-corrected chi connectivity index (χ1v) is 7.50. The van der Waals surface area contributed by atoms with Gasteiger partial charge < -0.3 is 10.1 Å². The Labute approximate surface area is 143 Å². The van der Waals surface area contributed by atoms with E-state index in [0.717, 1.165) is 0 Å². The van der Waals surface area contributed by atoms with E-state index in [4.69, 9.17) is 11.6 Å². The van der Waals surface area contributed by atoms with Gasteiger partial charge in [0.05, 0.1) is 12.7 Å². The lowest BCUT2D eigenvalue weighted by atomic mass is 10.1. The molecule has 0 atom stereocenters. The van der Waals surface area contributed by atoms with E-state index in [-0.39, 0.29) is 30.1 Å². The number of amides is 1. The summed E-state index contributed by atoms with van der Waals surface area (Å²) in [5, 5.41) is 3.11. The largest absolute Gasteiger partial charge is 0.465 e. The zero-order chi connectivity index (χ0) is 17.5. The molecule has 1 N–H and O–H groups in total. The summed E-state index contributed by atoms with van der Waals surface area (Å²) in [4.78, 5) is 39.1. The molecule has 1 aromatic heterocycles. The molecule has 0 saturated carbocycles. The summed E-state index contributed by atoms with van der Waals surface area (Å²) in [5.41, 5.74) is 0.793. The monoisotopic (exact) mass is 346 g/mol. The molecule has 0 aliphatic heterocycles. The lowest BCUT2D eigenvalue weighted by Crippen LogP contribution is -2.14. The predicted molar refractivity (Wildman–Crippen MR) is 89.2 cm³/mol. The number of carbonyl (C=O) groups is 3. The number of benzene rings is 1. The number of nitrogens with one attached hydrogen (secondary N) is 1. The number of hydrogen-bond acceptors (Lipinski definition) is 5. The number of halogens is 1. The standard InChI is InChI=1S/C17H15ClN2O4/c1-24-17(23)12-4-8-15(19-10-12)20-16(22)9-7-14(21)11-2-5-13(18)6-3-11/h2-6,8,10H,7,9H2,1H3,(H,19,20,22). The molecule has 0 unspecified atom stereocenters. The average molecular weight is 347 g/mol. The SMILES string of the molecule is COC(=O)c1ccc(NC(=O)CCC(=O)c2ccc(Cl)cc2)nc1. The van der Waals surface area contributed by atoms with Crippen molar-refractivity contribution in [1.29, 1.82) is 0 Å². The fourth-order valence-corrected chi connectivity index (χ4v) is 2.04. The Bertz CT molecular complexity index is 742. The maximum atomic E-state index is 12.0. The van der Waals surface area contributed by atoms with E-state index in [2.05, 4.69) is 15.0 Å². The van der Waals surface area contributed by atoms with Crippen molar-refractivity contribution in [3.63, 3.8) is 0 Å². The fourth-order valence-electron chi connectivity index (χ4n) is 1.92. The third-order valence-electron chi connectivity index (χ3n) is 3.20. The predicted octanol–water partition coefficient (Wildman–Crippen LogP) is 3.12. The summed E-state index contributed by atoms with van der Waals surface area (Å²) < 4.78 is 4.56. The quantitative estimate of drug-likeness (QED) is 0.641. The Morgan fingerprint density at radius 2 is 1.71 bits per heavy atom. The number of aromatic nitrogens is 1. The molecule has 1 heterocycles. The maximum absolute atomic E-state index is 12.0. The van der Waals surface area contributed by atoms with Crippen molar-refractivity contribution in [3.8, 4) is 0 Å². The number of nitrogens with zero attached hydrogens (tertiary/aromatic N) is 1. The van der Waals surface area contributed by atoms with Crippen LogP contribution in [0.2, 0.25) is 5.02 Å². The number of ether oxygens (including phenoxy) is 1. The van der Waals surface area contributed by atoms with Gasteiger partial charge in [0.15, 0.2) is 5.78 Å². The molecule has 0 saturated heterocycles. The van der Waals surface area contributed by atoms with Crippen LogP contribution in [0.15, 0.2) is 42.6 Å². The molecule has 2 rings (SSSR count). The van der Waals surface area contributed by atoms with Crippen LogP contribution in [-0.4, -0.2) is 29.8 Å². The van der Waals surface area contributed by atoms with E-state index < -0.39 is 5.97 Å². The van der Waals surface area contributed by atoms with Gasteiger partial charge in [0.25, 0.3) is 0 Å². The minimum absolute atomic E-state index is 0.0297. The van der Waals surface area contributed by atoms with Crippen molar-refractivity contribution < 1.29 is 19.1 Å². The van der Waals surface area contributed by atoms with Crippen LogP contribution >= 0.6 is 11.6 Å². The number of ketones is 1. The highest BCUT2D eigenvalue weighted by atomic mass is 35.5. The Balaban J connectivity index is 1.85. The highest BCUT2D eigenvalue weighted by Gasteiger charge is 2.11. The summed E-state index contributed by atoms with van der Waals surface area (Å²) in [5.74, 6) is -0.688. The summed E-state index contributed by atoms with van der Waals surface area (Å²) in [6.45, 7) is 0. The summed E-state index contributed by atoms with van der Waals surface area (Å²) >= 11 is 5.76. The van der Waals surface area contributed by atoms with Gasteiger partial charge in [0.2, 0.25) is 5.91 Å². The van der Waals surface area contributed by atoms with Crippen LogP contribution in [-0.2, 0) is 9.53 Å². The van der Waals surface area contributed by atoms with Crippen LogP contribution in [0, 0.1) is 0 Å². The van der Waals surface area contributed by atoms with Crippen molar-refractivity contribution in [2.75, 3.05) is 12.4 Å². The van der Waals surface area contributed by atoms with Crippen LogP contribution < -0.4 is 5.32 Å². The lowest BCUT2D eigenvalue weighted by molar-refractivity contribution is -0.116. The third-order valence-corrected chi connectivity index (χ3v) is 3.45.